The van der Waals surface area contributed by atoms with E-state index in [9.17, 15) is 4.79 Å². The lowest BCUT2D eigenvalue weighted by atomic mass is 9.80. The lowest BCUT2D eigenvalue weighted by molar-refractivity contribution is -0.123. The number of aryl methyl sites for hydroxylation is 1. The molecule has 0 spiro atoms. The molecule has 2 N–H and O–H groups in total. The summed E-state index contributed by atoms with van der Waals surface area (Å²) >= 11 is 0. The molecule has 0 radical (unpaired) electrons. The van der Waals surface area contributed by atoms with E-state index >= 15 is 0 Å². The van der Waals surface area contributed by atoms with E-state index in [1.807, 2.05) is 12.1 Å². The van der Waals surface area contributed by atoms with Gasteiger partial charge in [0.2, 0.25) is 5.91 Å². The standard InChI is InChI=1S/C18H28N2O2.ClH/c1-13-7-5-6-8-15(13)17(18(2,3)4)20-16(21)11-14-12-22-10-9-19-14;/h5-8,14,17,19H,9-12H2,1-4H3,(H,20,21);1H. The van der Waals surface area contributed by atoms with Crippen LogP contribution in [0, 0.1) is 12.3 Å². The summed E-state index contributed by atoms with van der Waals surface area (Å²) in [6, 6.07) is 8.38. The van der Waals surface area contributed by atoms with Gasteiger partial charge in [-0.05, 0) is 23.5 Å². The highest BCUT2D eigenvalue weighted by Gasteiger charge is 2.29. The predicted molar refractivity (Wildman–Crippen MR) is 96.0 cm³/mol. The number of halogens is 1. The number of amides is 1. The van der Waals surface area contributed by atoms with Gasteiger partial charge >= 0.3 is 0 Å². The fourth-order valence-electron chi connectivity index (χ4n) is 2.87. The van der Waals surface area contributed by atoms with E-state index in [1.165, 1.54) is 11.1 Å². The van der Waals surface area contributed by atoms with Crippen LogP contribution in [0.25, 0.3) is 0 Å². The fraction of sp³-hybridized carbons (Fsp3) is 0.611. The fourth-order valence-corrected chi connectivity index (χ4v) is 2.87. The second kappa shape index (κ2) is 8.67. The van der Waals surface area contributed by atoms with Gasteiger partial charge in [-0.1, -0.05) is 45.0 Å². The summed E-state index contributed by atoms with van der Waals surface area (Å²) in [6.07, 6.45) is 0.457. The van der Waals surface area contributed by atoms with E-state index in [2.05, 4.69) is 50.5 Å². The molecule has 0 saturated carbocycles. The second-order valence-corrected chi connectivity index (χ2v) is 7.15. The Kier molecular flexibility index (Phi) is 7.52. The molecule has 2 unspecified atom stereocenters. The Hall–Kier alpha value is -1.10. The van der Waals surface area contributed by atoms with Gasteiger partial charge in [0.15, 0.2) is 0 Å². The Labute approximate surface area is 145 Å². The Morgan fingerprint density at radius 2 is 2.09 bits per heavy atom. The zero-order valence-corrected chi connectivity index (χ0v) is 15.3. The maximum absolute atomic E-state index is 12.4. The summed E-state index contributed by atoms with van der Waals surface area (Å²) in [5.41, 5.74) is 2.36. The molecule has 23 heavy (non-hydrogen) atoms. The van der Waals surface area contributed by atoms with Gasteiger partial charge in [-0.25, -0.2) is 0 Å². The average molecular weight is 341 g/mol. The minimum Gasteiger partial charge on any atom is -0.378 e. The number of ether oxygens (including phenoxy) is 1. The number of carbonyl (C=O) groups is 1. The van der Waals surface area contributed by atoms with E-state index in [0.29, 0.717) is 13.0 Å². The summed E-state index contributed by atoms with van der Waals surface area (Å²) < 4.78 is 5.42. The number of hydrogen-bond acceptors (Lipinski definition) is 3. The molecule has 2 atom stereocenters. The number of hydrogen-bond donors (Lipinski definition) is 2. The first-order chi connectivity index (χ1) is 10.4. The second-order valence-electron chi connectivity index (χ2n) is 7.15. The summed E-state index contributed by atoms with van der Waals surface area (Å²) in [5, 5.41) is 6.55. The van der Waals surface area contributed by atoms with Crippen molar-refractivity contribution in [1.29, 1.82) is 0 Å². The third kappa shape index (κ3) is 5.79. The smallest absolute Gasteiger partial charge is 0.222 e. The largest absolute Gasteiger partial charge is 0.378 e. The van der Waals surface area contributed by atoms with E-state index in [-0.39, 0.29) is 35.8 Å². The molecule has 0 aromatic heterocycles. The van der Waals surface area contributed by atoms with E-state index in [4.69, 9.17) is 4.74 Å². The van der Waals surface area contributed by atoms with Crippen molar-refractivity contribution in [3.05, 3.63) is 35.4 Å². The zero-order valence-electron chi connectivity index (χ0n) is 14.5. The van der Waals surface area contributed by atoms with Crippen LogP contribution in [0.2, 0.25) is 0 Å². The van der Waals surface area contributed by atoms with Crippen LogP contribution in [-0.4, -0.2) is 31.7 Å². The third-order valence-electron chi connectivity index (χ3n) is 4.10. The maximum atomic E-state index is 12.4. The molecule has 5 heteroatoms. The lowest BCUT2D eigenvalue weighted by Crippen LogP contribution is -2.45. The summed E-state index contributed by atoms with van der Waals surface area (Å²) in [6.45, 7) is 10.7. The summed E-state index contributed by atoms with van der Waals surface area (Å²) in [5.74, 6) is 0.0752. The monoisotopic (exact) mass is 340 g/mol. The first kappa shape index (κ1) is 19.9. The van der Waals surface area contributed by atoms with Crippen molar-refractivity contribution in [2.75, 3.05) is 19.8 Å². The quantitative estimate of drug-likeness (QED) is 0.885. The third-order valence-corrected chi connectivity index (χ3v) is 4.10. The van der Waals surface area contributed by atoms with Gasteiger partial charge in [0.25, 0.3) is 0 Å². The molecule has 2 rings (SSSR count). The van der Waals surface area contributed by atoms with Gasteiger partial charge in [0.1, 0.15) is 0 Å². The van der Waals surface area contributed by atoms with Crippen LogP contribution in [-0.2, 0) is 9.53 Å². The summed E-state index contributed by atoms with van der Waals surface area (Å²) in [4.78, 5) is 12.4. The molecule has 1 aliphatic heterocycles. The number of morpholine rings is 1. The topological polar surface area (TPSA) is 50.4 Å². The van der Waals surface area contributed by atoms with E-state index in [0.717, 1.165) is 13.2 Å². The molecule has 1 aliphatic rings. The zero-order chi connectivity index (χ0) is 16.2. The van der Waals surface area contributed by atoms with Crippen molar-refractivity contribution < 1.29 is 9.53 Å². The average Bonchev–Trinajstić information content (AvgIpc) is 2.46. The van der Waals surface area contributed by atoms with E-state index in [1.54, 1.807) is 0 Å². The Morgan fingerprint density at radius 3 is 2.65 bits per heavy atom. The molecule has 1 fully saturated rings. The molecule has 1 amide bonds. The van der Waals surface area contributed by atoms with Crippen LogP contribution in [0.5, 0.6) is 0 Å². The minimum atomic E-state index is -0.0434. The van der Waals surface area contributed by atoms with Crippen LogP contribution in [0.15, 0.2) is 24.3 Å². The molecule has 1 aromatic rings. The van der Waals surface area contributed by atoms with Crippen LogP contribution in [0.1, 0.15) is 44.4 Å². The maximum Gasteiger partial charge on any atom is 0.222 e. The van der Waals surface area contributed by atoms with Gasteiger partial charge < -0.3 is 15.4 Å². The molecule has 0 aliphatic carbocycles. The number of nitrogens with one attached hydrogen (secondary N) is 2. The van der Waals surface area contributed by atoms with Gasteiger partial charge in [0.05, 0.1) is 19.3 Å². The Bertz CT molecular complexity index is 508. The highest BCUT2D eigenvalue weighted by molar-refractivity contribution is 5.85. The SMILES string of the molecule is Cc1ccccc1C(NC(=O)CC1COCCN1)C(C)(C)C.Cl. The molecule has 0 bridgehead atoms. The molecular formula is C18H29ClN2O2. The first-order valence-electron chi connectivity index (χ1n) is 8.04. The minimum absolute atomic E-state index is 0. The molecule has 1 heterocycles. The molecule has 1 aromatic carbocycles. The normalized spacial score (nSPS) is 19.6. The molecule has 4 nitrogen and oxygen atoms in total. The van der Waals surface area contributed by atoms with Crippen LogP contribution in [0.4, 0.5) is 0 Å². The number of carbonyl (C=O) groups excluding carboxylic acids is 1. The van der Waals surface area contributed by atoms with Crippen molar-refractivity contribution in [1.82, 2.24) is 10.6 Å². The lowest BCUT2D eigenvalue weighted by Gasteiger charge is -2.34. The van der Waals surface area contributed by atoms with Crippen LogP contribution < -0.4 is 10.6 Å². The van der Waals surface area contributed by atoms with Gasteiger partial charge in [-0.15, -0.1) is 12.4 Å². The van der Waals surface area contributed by atoms with Gasteiger partial charge in [0, 0.05) is 19.0 Å². The first-order valence-corrected chi connectivity index (χ1v) is 8.04. The molecule has 130 valence electrons. The van der Waals surface area contributed by atoms with Gasteiger partial charge in [-0.3, -0.25) is 4.79 Å². The van der Waals surface area contributed by atoms with Crippen LogP contribution >= 0.6 is 12.4 Å². The van der Waals surface area contributed by atoms with Crippen LogP contribution in [0.3, 0.4) is 0 Å². The summed E-state index contributed by atoms with van der Waals surface area (Å²) in [7, 11) is 0. The number of benzene rings is 1. The highest BCUT2D eigenvalue weighted by Crippen LogP contribution is 2.34. The molecular weight excluding hydrogens is 312 g/mol. The van der Waals surface area contributed by atoms with Crippen molar-refractivity contribution >= 4 is 18.3 Å². The molecule has 1 saturated heterocycles. The Morgan fingerprint density at radius 1 is 1.39 bits per heavy atom. The van der Waals surface area contributed by atoms with E-state index < -0.39 is 0 Å². The Balaban J connectivity index is 0.00000264. The van der Waals surface area contributed by atoms with Crippen molar-refractivity contribution in [3.63, 3.8) is 0 Å². The van der Waals surface area contributed by atoms with Crippen molar-refractivity contribution in [3.8, 4) is 0 Å². The van der Waals surface area contributed by atoms with Gasteiger partial charge in [-0.2, -0.15) is 0 Å². The number of rotatable bonds is 4. The van der Waals surface area contributed by atoms with Crippen molar-refractivity contribution in [2.24, 2.45) is 5.41 Å². The highest BCUT2D eigenvalue weighted by atomic mass is 35.5. The predicted octanol–water partition coefficient (Wildman–Crippen LogP) is 3.00. The van der Waals surface area contributed by atoms with Crippen molar-refractivity contribution in [2.45, 2.75) is 46.2 Å².